The molecular weight excluding hydrogens is 300 g/mol. The Labute approximate surface area is 125 Å². The molecule has 0 atom stereocenters. The number of hydrogen-bond donors (Lipinski definition) is 0. The largest absolute Gasteiger partial charge is 0.496 e. The van der Waals surface area contributed by atoms with Crippen molar-refractivity contribution in [2.24, 2.45) is 0 Å². The predicted octanol–water partition coefficient (Wildman–Crippen LogP) is 3.47. The quantitative estimate of drug-likeness (QED) is 0.761. The molecule has 1 aromatic carbocycles. The summed E-state index contributed by atoms with van der Waals surface area (Å²) in [4.78, 5) is 10.9. The number of carbonyl (C=O) groups is 1. The molecule has 0 saturated carbocycles. The molecule has 20 heavy (non-hydrogen) atoms. The summed E-state index contributed by atoms with van der Waals surface area (Å²) in [5, 5.41) is 8.91. The van der Waals surface area contributed by atoms with Crippen LogP contribution in [0.2, 0.25) is 5.02 Å². The Morgan fingerprint density at radius 1 is 1.45 bits per heavy atom. The predicted molar refractivity (Wildman–Crippen MR) is 77.3 cm³/mol. The Hall–Kier alpha value is -1.53. The van der Waals surface area contributed by atoms with E-state index in [0.29, 0.717) is 39.6 Å². The first-order chi connectivity index (χ1) is 9.60. The van der Waals surface area contributed by atoms with E-state index < -0.39 is 0 Å². The molecule has 0 aliphatic carbocycles. The average Bonchev–Trinajstić information content (AvgIpc) is 2.86. The van der Waals surface area contributed by atoms with Crippen molar-refractivity contribution < 1.29 is 13.9 Å². The summed E-state index contributed by atoms with van der Waals surface area (Å²) >= 11 is 7.26. The molecule has 0 bridgehead atoms. The summed E-state index contributed by atoms with van der Waals surface area (Å²) in [7, 11) is 1.55. The van der Waals surface area contributed by atoms with Gasteiger partial charge in [-0.05, 0) is 25.1 Å². The number of halogens is 1. The number of rotatable bonds is 6. The molecule has 0 fully saturated rings. The molecule has 1 aromatic heterocycles. The van der Waals surface area contributed by atoms with Gasteiger partial charge in [0, 0.05) is 17.2 Å². The fourth-order valence-corrected chi connectivity index (χ4v) is 2.46. The minimum Gasteiger partial charge on any atom is -0.496 e. The van der Waals surface area contributed by atoms with Gasteiger partial charge < -0.3 is 9.15 Å². The average molecular weight is 313 g/mol. The monoisotopic (exact) mass is 312 g/mol. The van der Waals surface area contributed by atoms with Gasteiger partial charge >= 0.3 is 0 Å². The van der Waals surface area contributed by atoms with E-state index in [1.54, 1.807) is 32.2 Å². The molecule has 0 N–H and O–H groups in total. The normalized spacial score (nSPS) is 10.6. The molecule has 2 rings (SSSR count). The van der Waals surface area contributed by atoms with Gasteiger partial charge in [-0.3, -0.25) is 4.79 Å². The molecule has 1 heterocycles. The van der Waals surface area contributed by atoms with E-state index in [9.17, 15) is 4.79 Å². The molecule has 0 unspecified atom stereocenters. The van der Waals surface area contributed by atoms with E-state index in [4.69, 9.17) is 20.8 Å². The van der Waals surface area contributed by atoms with Crippen LogP contribution in [0.3, 0.4) is 0 Å². The van der Waals surface area contributed by atoms with Gasteiger partial charge in [0.25, 0.3) is 11.1 Å². The zero-order valence-corrected chi connectivity index (χ0v) is 12.6. The second kappa shape index (κ2) is 6.76. The Kier molecular flexibility index (Phi) is 5.03. The van der Waals surface area contributed by atoms with Crippen LogP contribution in [0, 0.1) is 0 Å². The molecule has 0 aliphatic rings. The fraction of sp³-hybridized carbons (Fsp3) is 0.308. The number of Topliss-reactive ketones (excluding diaryl/α,β-unsaturated/α-hetero) is 1. The summed E-state index contributed by atoms with van der Waals surface area (Å²) < 4.78 is 10.8. The highest BCUT2D eigenvalue weighted by molar-refractivity contribution is 7.99. The SMILES string of the molecule is COc1cc(Cl)ccc1-c1nnc(SCCC(C)=O)o1. The minimum atomic E-state index is 0.136. The third kappa shape index (κ3) is 3.74. The van der Waals surface area contributed by atoms with Gasteiger partial charge in [0.2, 0.25) is 0 Å². The van der Waals surface area contributed by atoms with Crippen molar-refractivity contribution in [2.75, 3.05) is 12.9 Å². The standard InChI is InChI=1S/C13H13ClN2O3S/c1-8(17)5-6-20-13-16-15-12(19-13)10-4-3-9(14)7-11(10)18-2/h3-4,7H,5-6H2,1-2H3. The number of hydrogen-bond acceptors (Lipinski definition) is 6. The Morgan fingerprint density at radius 3 is 2.95 bits per heavy atom. The highest BCUT2D eigenvalue weighted by atomic mass is 35.5. The lowest BCUT2D eigenvalue weighted by atomic mass is 10.2. The highest BCUT2D eigenvalue weighted by Gasteiger charge is 2.14. The molecule has 5 nitrogen and oxygen atoms in total. The summed E-state index contributed by atoms with van der Waals surface area (Å²) in [5.41, 5.74) is 0.683. The molecule has 7 heteroatoms. The van der Waals surface area contributed by atoms with Gasteiger partial charge in [-0.15, -0.1) is 10.2 Å². The zero-order valence-electron chi connectivity index (χ0n) is 11.1. The molecule has 106 valence electrons. The van der Waals surface area contributed by atoms with Crippen LogP contribution in [-0.4, -0.2) is 28.8 Å². The minimum absolute atomic E-state index is 0.136. The fourth-order valence-electron chi connectivity index (χ4n) is 1.50. The molecule has 2 aromatic rings. The molecule has 0 amide bonds. The van der Waals surface area contributed by atoms with E-state index in [1.165, 1.54) is 11.8 Å². The number of ether oxygens (including phenoxy) is 1. The van der Waals surface area contributed by atoms with Crippen molar-refractivity contribution in [1.29, 1.82) is 0 Å². The first kappa shape index (κ1) is 14.9. The molecule has 0 aliphatic heterocycles. The number of methoxy groups -OCH3 is 1. The highest BCUT2D eigenvalue weighted by Crippen LogP contribution is 2.32. The van der Waals surface area contributed by atoms with E-state index in [1.807, 2.05) is 0 Å². The summed E-state index contributed by atoms with van der Waals surface area (Å²) in [6.07, 6.45) is 0.479. The molecular formula is C13H13ClN2O3S. The van der Waals surface area contributed by atoms with Gasteiger partial charge in [-0.1, -0.05) is 23.4 Å². The van der Waals surface area contributed by atoms with Crippen molar-refractivity contribution in [1.82, 2.24) is 10.2 Å². The lowest BCUT2D eigenvalue weighted by molar-refractivity contribution is -0.116. The van der Waals surface area contributed by atoms with Crippen LogP contribution in [-0.2, 0) is 4.79 Å². The van der Waals surface area contributed by atoms with Gasteiger partial charge in [0.1, 0.15) is 11.5 Å². The van der Waals surface area contributed by atoms with Crippen molar-refractivity contribution in [2.45, 2.75) is 18.6 Å². The van der Waals surface area contributed by atoms with Crippen LogP contribution >= 0.6 is 23.4 Å². The van der Waals surface area contributed by atoms with Crippen LogP contribution in [0.25, 0.3) is 11.5 Å². The van der Waals surface area contributed by atoms with Crippen LogP contribution in [0.4, 0.5) is 0 Å². The molecule has 0 radical (unpaired) electrons. The second-order valence-electron chi connectivity index (χ2n) is 4.02. The summed E-state index contributed by atoms with van der Waals surface area (Å²) in [6.45, 7) is 1.55. The van der Waals surface area contributed by atoms with Crippen LogP contribution in [0.5, 0.6) is 5.75 Å². The zero-order chi connectivity index (χ0) is 14.5. The maximum atomic E-state index is 10.9. The number of nitrogens with zero attached hydrogens (tertiary/aromatic N) is 2. The van der Waals surface area contributed by atoms with Crippen LogP contribution < -0.4 is 4.74 Å². The second-order valence-corrected chi connectivity index (χ2v) is 5.50. The van der Waals surface area contributed by atoms with E-state index >= 15 is 0 Å². The smallest absolute Gasteiger partial charge is 0.276 e. The molecule has 0 spiro atoms. The Bertz CT molecular complexity index is 615. The number of benzene rings is 1. The number of thioether (sulfide) groups is 1. The van der Waals surface area contributed by atoms with Crippen molar-refractivity contribution in [3.05, 3.63) is 23.2 Å². The van der Waals surface area contributed by atoms with Gasteiger partial charge in [-0.25, -0.2) is 0 Å². The maximum absolute atomic E-state index is 10.9. The van der Waals surface area contributed by atoms with Crippen molar-refractivity contribution >= 4 is 29.1 Å². The van der Waals surface area contributed by atoms with E-state index in [2.05, 4.69) is 10.2 Å². The first-order valence-electron chi connectivity index (χ1n) is 5.90. The number of ketones is 1. The lowest BCUT2D eigenvalue weighted by Crippen LogP contribution is -1.91. The van der Waals surface area contributed by atoms with Gasteiger partial charge in [0.05, 0.1) is 12.7 Å². The summed E-state index contributed by atoms with van der Waals surface area (Å²) in [5.74, 6) is 1.69. The maximum Gasteiger partial charge on any atom is 0.276 e. The summed E-state index contributed by atoms with van der Waals surface area (Å²) in [6, 6.07) is 5.18. The van der Waals surface area contributed by atoms with Gasteiger partial charge in [0.15, 0.2) is 0 Å². The third-order valence-electron chi connectivity index (χ3n) is 2.48. The van der Waals surface area contributed by atoms with E-state index in [0.717, 1.165) is 0 Å². The molecule has 0 saturated heterocycles. The van der Waals surface area contributed by atoms with Crippen molar-refractivity contribution in [3.63, 3.8) is 0 Å². The Balaban J connectivity index is 2.14. The number of aromatic nitrogens is 2. The van der Waals surface area contributed by atoms with Gasteiger partial charge in [-0.2, -0.15) is 0 Å². The van der Waals surface area contributed by atoms with Crippen molar-refractivity contribution in [3.8, 4) is 17.2 Å². The lowest BCUT2D eigenvalue weighted by Gasteiger charge is -2.04. The van der Waals surface area contributed by atoms with Crippen LogP contribution in [0.1, 0.15) is 13.3 Å². The Morgan fingerprint density at radius 2 is 2.25 bits per heavy atom. The number of carbonyl (C=O) groups excluding carboxylic acids is 1. The first-order valence-corrected chi connectivity index (χ1v) is 7.26. The topological polar surface area (TPSA) is 65.2 Å². The van der Waals surface area contributed by atoms with Crippen LogP contribution in [0.15, 0.2) is 27.8 Å². The third-order valence-corrected chi connectivity index (χ3v) is 3.54. The van der Waals surface area contributed by atoms with E-state index in [-0.39, 0.29) is 5.78 Å².